The van der Waals surface area contributed by atoms with Crippen molar-refractivity contribution in [3.8, 4) is 6.07 Å². The second kappa shape index (κ2) is 14.1. The number of nitriles is 1. The Balaban J connectivity index is 0.00000576. The molecule has 0 saturated heterocycles. The van der Waals surface area contributed by atoms with Crippen LogP contribution in [0.5, 0.6) is 0 Å². The molecular formula is C19H32IN3O2. The Morgan fingerprint density at radius 1 is 1.20 bits per heavy atom. The van der Waals surface area contributed by atoms with Crippen LogP contribution in [0.25, 0.3) is 0 Å². The van der Waals surface area contributed by atoms with Gasteiger partial charge in [0.2, 0.25) is 0 Å². The lowest BCUT2D eigenvalue weighted by atomic mass is 10.1. The molecule has 0 amide bonds. The molecule has 0 saturated carbocycles. The Bertz CT molecular complexity index is 537. The van der Waals surface area contributed by atoms with Crippen molar-refractivity contribution in [2.45, 2.75) is 90.6 Å². The van der Waals surface area contributed by atoms with Gasteiger partial charge in [0.1, 0.15) is 18.5 Å². The van der Waals surface area contributed by atoms with Gasteiger partial charge in [-0.2, -0.15) is 5.26 Å². The Labute approximate surface area is 169 Å². The van der Waals surface area contributed by atoms with Crippen LogP contribution in [0.3, 0.4) is 0 Å². The van der Waals surface area contributed by atoms with Crippen LogP contribution in [0.2, 0.25) is 0 Å². The molecule has 6 heteroatoms. The summed E-state index contributed by atoms with van der Waals surface area (Å²) in [5.41, 5.74) is 0. The molecule has 5 nitrogen and oxygen atoms in total. The van der Waals surface area contributed by atoms with Gasteiger partial charge in [0, 0.05) is 6.42 Å². The largest absolute Gasteiger partial charge is 1.00 e. The number of aliphatic carboxylic acids is 1. The molecule has 1 N–H and O–H groups in total. The van der Waals surface area contributed by atoms with Gasteiger partial charge in [-0.1, -0.05) is 58.3 Å². The summed E-state index contributed by atoms with van der Waals surface area (Å²) >= 11 is 0. The number of nitrogens with zero attached hydrogens (tertiary/aromatic N) is 3. The number of aromatic nitrogens is 2. The van der Waals surface area contributed by atoms with E-state index in [1.165, 1.54) is 44.9 Å². The first-order valence-electron chi connectivity index (χ1n) is 9.30. The Kier molecular flexibility index (Phi) is 13.5. The Morgan fingerprint density at radius 3 is 2.28 bits per heavy atom. The lowest BCUT2D eigenvalue weighted by Gasteiger charge is -2.06. The van der Waals surface area contributed by atoms with Crippen molar-refractivity contribution in [3.05, 3.63) is 18.2 Å². The lowest BCUT2D eigenvalue weighted by Crippen LogP contribution is -3.00. The van der Waals surface area contributed by atoms with Crippen molar-refractivity contribution in [3.63, 3.8) is 0 Å². The summed E-state index contributed by atoms with van der Waals surface area (Å²) in [6.07, 6.45) is 15.8. The molecule has 0 spiro atoms. The van der Waals surface area contributed by atoms with Gasteiger partial charge < -0.3 is 29.1 Å². The van der Waals surface area contributed by atoms with Gasteiger partial charge >= 0.3 is 5.97 Å². The molecule has 25 heavy (non-hydrogen) atoms. The SMILES string of the molecule is CCCCCCCCCCCc1n(C(C)C#N)cc[n+]1CC(=O)O.[I-]. The fourth-order valence-electron chi connectivity index (χ4n) is 3.04. The minimum Gasteiger partial charge on any atom is -1.00 e. The number of carboxylic acid groups (broad SMARTS) is 1. The normalized spacial score (nSPS) is 11.6. The molecule has 1 heterocycles. The zero-order chi connectivity index (χ0) is 17.8. The molecule has 0 aliphatic heterocycles. The van der Waals surface area contributed by atoms with E-state index < -0.39 is 5.97 Å². The maximum atomic E-state index is 11.0. The van der Waals surface area contributed by atoms with E-state index in [2.05, 4.69) is 13.0 Å². The van der Waals surface area contributed by atoms with Crippen LogP contribution in [0.15, 0.2) is 12.4 Å². The van der Waals surface area contributed by atoms with Gasteiger partial charge in [0.05, 0.1) is 0 Å². The smallest absolute Gasteiger partial charge is 0.346 e. The third kappa shape index (κ3) is 9.24. The molecule has 0 fully saturated rings. The minimum absolute atomic E-state index is 0. The molecule has 0 bridgehead atoms. The van der Waals surface area contributed by atoms with Gasteiger partial charge in [-0.3, -0.25) is 0 Å². The summed E-state index contributed by atoms with van der Waals surface area (Å²) in [5, 5.41) is 18.2. The number of carbonyl (C=O) groups is 1. The van der Waals surface area contributed by atoms with Gasteiger partial charge in [0.15, 0.2) is 12.6 Å². The van der Waals surface area contributed by atoms with E-state index in [1.54, 1.807) is 10.8 Å². The van der Waals surface area contributed by atoms with E-state index in [0.29, 0.717) is 0 Å². The Hall–Kier alpha value is -1.10. The quantitative estimate of drug-likeness (QED) is 0.271. The fraction of sp³-hybridized carbons (Fsp3) is 0.737. The van der Waals surface area contributed by atoms with E-state index in [0.717, 1.165) is 25.1 Å². The third-order valence-corrected chi connectivity index (χ3v) is 4.45. The molecule has 0 aromatic carbocycles. The van der Waals surface area contributed by atoms with E-state index in [1.807, 2.05) is 17.7 Å². The standard InChI is InChI=1S/C19H31N3O2.HI/c1-3-4-5-6-7-8-9-10-11-12-18-21(16-19(23)24)13-14-22(18)17(2)15-20;/h13-14,17H,3-12,16H2,1-2H3;1H. The highest BCUT2D eigenvalue weighted by molar-refractivity contribution is 5.64. The van der Waals surface area contributed by atoms with Crippen molar-refractivity contribution >= 4 is 5.97 Å². The first-order chi connectivity index (χ1) is 11.6. The van der Waals surface area contributed by atoms with E-state index in [-0.39, 0.29) is 36.6 Å². The van der Waals surface area contributed by atoms with Crippen LogP contribution in [-0.4, -0.2) is 15.6 Å². The van der Waals surface area contributed by atoms with Gasteiger partial charge in [-0.15, -0.1) is 0 Å². The minimum atomic E-state index is -0.851. The van der Waals surface area contributed by atoms with Crippen molar-refractivity contribution in [1.82, 2.24) is 4.57 Å². The van der Waals surface area contributed by atoms with Crippen LogP contribution in [0.1, 0.15) is 83.5 Å². The van der Waals surface area contributed by atoms with Crippen LogP contribution < -0.4 is 28.5 Å². The molecule has 142 valence electrons. The van der Waals surface area contributed by atoms with Crippen molar-refractivity contribution in [2.75, 3.05) is 0 Å². The molecule has 0 aliphatic carbocycles. The predicted octanol–water partition coefficient (Wildman–Crippen LogP) is 1.02. The average molecular weight is 461 g/mol. The number of imidazole rings is 1. The highest BCUT2D eigenvalue weighted by Crippen LogP contribution is 2.13. The molecule has 1 unspecified atom stereocenters. The summed E-state index contributed by atoms with van der Waals surface area (Å²) in [6.45, 7) is 4.03. The number of unbranched alkanes of at least 4 members (excludes halogenated alkanes) is 8. The van der Waals surface area contributed by atoms with E-state index in [9.17, 15) is 4.79 Å². The monoisotopic (exact) mass is 461 g/mol. The van der Waals surface area contributed by atoms with Gasteiger partial charge in [-0.25, -0.2) is 13.9 Å². The molecule has 1 rings (SSSR count). The predicted molar refractivity (Wildman–Crippen MR) is 93.5 cm³/mol. The highest BCUT2D eigenvalue weighted by Gasteiger charge is 2.22. The van der Waals surface area contributed by atoms with Crippen molar-refractivity contribution in [2.24, 2.45) is 0 Å². The lowest BCUT2D eigenvalue weighted by molar-refractivity contribution is -0.693. The topological polar surface area (TPSA) is 69.9 Å². The van der Waals surface area contributed by atoms with Gasteiger partial charge in [0.25, 0.3) is 5.82 Å². The summed E-state index contributed by atoms with van der Waals surface area (Å²) in [5.74, 6) is 0.0880. The molecule has 1 aromatic heterocycles. The molecular weight excluding hydrogens is 429 g/mol. The molecule has 0 aliphatic rings. The third-order valence-electron chi connectivity index (χ3n) is 4.45. The van der Waals surface area contributed by atoms with Gasteiger partial charge in [-0.05, 0) is 13.3 Å². The number of hydrogen-bond acceptors (Lipinski definition) is 2. The van der Waals surface area contributed by atoms with Crippen molar-refractivity contribution in [1.29, 1.82) is 5.26 Å². The molecule has 0 radical (unpaired) electrons. The molecule has 1 aromatic rings. The maximum absolute atomic E-state index is 11.0. The number of hydrogen-bond donors (Lipinski definition) is 1. The van der Waals surface area contributed by atoms with Crippen LogP contribution in [0.4, 0.5) is 0 Å². The first-order valence-corrected chi connectivity index (χ1v) is 9.30. The number of halogens is 1. The maximum Gasteiger partial charge on any atom is 0.346 e. The number of rotatable bonds is 13. The average Bonchev–Trinajstić information content (AvgIpc) is 2.94. The first kappa shape index (κ1) is 23.9. The zero-order valence-corrected chi connectivity index (χ0v) is 17.7. The highest BCUT2D eigenvalue weighted by atomic mass is 127. The van der Waals surface area contributed by atoms with Crippen molar-refractivity contribution < 1.29 is 38.4 Å². The van der Waals surface area contributed by atoms with Crippen LogP contribution in [-0.2, 0) is 17.8 Å². The fourth-order valence-corrected chi connectivity index (χ4v) is 3.04. The second-order valence-corrected chi connectivity index (χ2v) is 6.53. The van der Waals surface area contributed by atoms with E-state index >= 15 is 0 Å². The summed E-state index contributed by atoms with van der Waals surface area (Å²) in [7, 11) is 0. The van der Waals surface area contributed by atoms with Crippen LogP contribution in [0, 0.1) is 11.3 Å². The molecule has 1 atom stereocenters. The van der Waals surface area contributed by atoms with E-state index in [4.69, 9.17) is 10.4 Å². The summed E-state index contributed by atoms with van der Waals surface area (Å²) in [4.78, 5) is 11.0. The summed E-state index contributed by atoms with van der Waals surface area (Å²) in [6, 6.07) is 1.96. The number of carboxylic acids is 1. The second-order valence-electron chi connectivity index (χ2n) is 6.53. The zero-order valence-electron chi connectivity index (χ0n) is 15.6. The van der Waals surface area contributed by atoms with Crippen LogP contribution >= 0.6 is 0 Å². The Morgan fingerprint density at radius 2 is 1.76 bits per heavy atom. The summed E-state index contributed by atoms with van der Waals surface area (Å²) < 4.78 is 3.65.